The lowest BCUT2D eigenvalue weighted by atomic mass is 10.1. The third kappa shape index (κ3) is 4.64. The molecule has 0 spiro atoms. The molecule has 2 N–H and O–H groups in total. The van der Waals surface area contributed by atoms with E-state index in [9.17, 15) is 4.79 Å². The van der Waals surface area contributed by atoms with Crippen molar-refractivity contribution < 1.29 is 9.53 Å². The van der Waals surface area contributed by atoms with Crippen LogP contribution in [0.2, 0.25) is 0 Å². The van der Waals surface area contributed by atoms with Gasteiger partial charge in [0.25, 0.3) is 0 Å². The van der Waals surface area contributed by atoms with E-state index in [0.29, 0.717) is 12.1 Å². The second-order valence-corrected chi connectivity index (χ2v) is 5.24. The topological polar surface area (TPSA) is 50.4 Å². The Balaban J connectivity index is 1.49. The number of hydrogen-bond donors (Lipinski definition) is 2. The van der Waals surface area contributed by atoms with Crippen LogP contribution in [-0.4, -0.2) is 37.2 Å². The summed E-state index contributed by atoms with van der Waals surface area (Å²) in [5.41, 5.74) is 0. The molecule has 4 heteroatoms. The Morgan fingerprint density at radius 1 is 1.41 bits per heavy atom. The maximum Gasteiger partial charge on any atom is 0.237 e. The first-order chi connectivity index (χ1) is 8.25. The number of carbonyl (C=O) groups is 1. The van der Waals surface area contributed by atoms with Gasteiger partial charge in [0.15, 0.2) is 0 Å². The Morgan fingerprint density at radius 2 is 2.24 bits per heavy atom. The van der Waals surface area contributed by atoms with Gasteiger partial charge in [0.1, 0.15) is 0 Å². The average molecular weight is 240 g/mol. The summed E-state index contributed by atoms with van der Waals surface area (Å²) in [4.78, 5) is 11.6. The largest absolute Gasteiger partial charge is 0.378 e. The van der Waals surface area contributed by atoms with E-state index in [1.54, 1.807) is 0 Å². The van der Waals surface area contributed by atoms with Gasteiger partial charge in [-0.2, -0.15) is 0 Å². The van der Waals surface area contributed by atoms with Crippen molar-refractivity contribution in [2.75, 3.05) is 13.2 Å². The number of amides is 1. The van der Waals surface area contributed by atoms with E-state index < -0.39 is 0 Å². The summed E-state index contributed by atoms with van der Waals surface area (Å²) in [7, 11) is 0. The molecule has 17 heavy (non-hydrogen) atoms. The summed E-state index contributed by atoms with van der Waals surface area (Å²) in [6.45, 7) is 3.77. The van der Waals surface area contributed by atoms with Crippen LogP contribution in [-0.2, 0) is 9.53 Å². The first kappa shape index (κ1) is 12.8. The van der Waals surface area contributed by atoms with E-state index in [2.05, 4.69) is 10.6 Å². The van der Waals surface area contributed by atoms with Crippen LogP contribution in [0.5, 0.6) is 0 Å². The fourth-order valence-corrected chi connectivity index (χ4v) is 2.17. The van der Waals surface area contributed by atoms with Crippen LogP contribution in [0.25, 0.3) is 0 Å². The number of hydrogen-bond acceptors (Lipinski definition) is 3. The van der Waals surface area contributed by atoms with Gasteiger partial charge in [0, 0.05) is 12.6 Å². The fourth-order valence-electron chi connectivity index (χ4n) is 2.17. The van der Waals surface area contributed by atoms with Crippen LogP contribution in [0.3, 0.4) is 0 Å². The minimum Gasteiger partial charge on any atom is -0.378 e. The Kier molecular flexibility index (Phi) is 4.80. The zero-order chi connectivity index (χ0) is 12.1. The van der Waals surface area contributed by atoms with E-state index in [1.165, 1.54) is 12.8 Å². The molecule has 2 atom stereocenters. The van der Waals surface area contributed by atoms with E-state index in [4.69, 9.17) is 4.74 Å². The highest BCUT2D eigenvalue weighted by Crippen LogP contribution is 2.18. The lowest BCUT2D eigenvalue weighted by Gasteiger charge is -2.14. The van der Waals surface area contributed by atoms with Gasteiger partial charge in [0.05, 0.1) is 12.1 Å². The van der Waals surface area contributed by atoms with Gasteiger partial charge >= 0.3 is 0 Å². The third-order valence-electron chi connectivity index (χ3n) is 3.49. The van der Waals surface area contributed by atoms with Crippen molar-refractivity contribution in [2.24, 2.45) is 0 Å². The molecule has 0 aromatic heterocycles. The quantitative estimate of drug-likeness (QED) is 0.658. The molecule has 0 bridgehead atoms. The van der Waals surface area contributed by atoms with Crippen molar-refractivity contribution in [3.8, 4) is 0 Å². The maximum absolute atomic E-state index is 11.6. The molecule has 0 radical (unpaired) electrons. The Morgan fingerprint density at radius 3 is 2.88 bits per heavy atom. The normalized spacial score (nSPS) is 25.8. The molecule has 0 aromatic rings. The molecule has 98 valence electrons. The predicted octanol–water partition coefficient (Wildman–Crippen LogP) is 1.20. The summed E-state index contributed by atoms with van der Waals surface area (Å²) < 4.78 is 5.56. The molecule has 1 heterocycles. The summed E-state index contributed by atoms with van der Waals surface area (Å²) in [5.74, 6) is 0.143. The Hall–Kier alpha value is -0.610. The number of carbonyl (C=O) groups excluding carboxylic acids is 1. The predicted molar refractivity (Wildman–Crippen MR) is 66.8 cm³/mol. The molecule has 2 fully saturated rings. The van der Waals surface area contributed by atoms with Crippen molar-refractivity contribution in [1.29, 1.82) is 0 Å². The molecule has 1 amide bonds. The highest BCUT2D eigenvalue weighted by Gasteiger charge is 2.25. The zero-order valence-electron chi connectivity index (χ0n) is 10.7. The number of ether oxygens (including phenoxy) is 1. The van der Waals surface area contributed by atoms with E-state index in [0.717, 1.165) is 38.8 Å². The van der Waals surface area contributed by atoms with Crippen molar-refractivity contribution in [3.63, 3.8) is 0 Å². The zero-order valence-corrected chi connectivity index (χ0v) is 10.7. The Bertz CT molecular complexity index is 248. The average Bonchev–Trinajstić information content (AvgIpc) is 2.97. The SMILES string of the molecule is CC(NCCCC1CCCO1)C(=O)NC1CC1. The highest BCUT2D eigenvalue weighted by molar-refractivity contribution is 5.81. The molecule has 4 nitrogen and oxygen atoms in total. The smallest absolute Gasteiger partial charge is 0.237 e. The van der Waals surface area contributed by atoms with E-state index in [-0.39, 0.29) is 11.9 Å². The highest BCUT2D eigenvalue weighted by atomic mass is 16.5. The van der Waals surface area contributed by atoms with Gasteiger partial charge in [-0.15, -0.1) is 0 Å². The number of rotatable bonds is 7. The van der Waals surface area contributed by atoms with Crippen molar-refractivity contribution >= 4 is 5.91 Å². The molecule has 0 aromatic carbocycles. The second kappa shape index (κ2) is 6.36. The molecule has 2 rings (SSSR count). The van der Waals surface area contributed by atoms with Crippen molar-refractivity contribution in [2.45, 2.75) is 63.6 Å². The van der Waals surface area contributed by atoms with Crippen molar-refractivity contribution in [1.82, 2.24) is 10.6 Å². The van der Waals surface area contributed by atoms with Crippen LogP contribution in [0.15, 0.2) is 0 Å². The molecule has 1 saturated carbocycles. The summed E-state index contributed by atoms with van der Waals surface area (Å²) in [5, 5.41) is 6.28. The molecule has 1 saturated heterocycles. The first-order valence-electron chi connectivity index (χ1n) is 6.91. The maximum atomic E-state index is 11.6. The van der Waals surface area contributed by atoms with Gasteiger partial charge in [-0.3, -0.25) is 4.79 Å². The van der Waals surface area contributed by atoms with Gasteiger partial charge in [0.2, 0.25) is 5.91 Å². The lowest BCUT2D eigenvalue weighted by molar-refractivity contribution is -0.122. The number of nitrogens with one attached hydrogen (secondary N) is 2. The summed E-state index contributed by atoms with van der Waals surface area (Å²) >= 11 is 0. The summed E-state index contributed by atoms with van der Waals surface area (Å²) in [6.07, 6.45) is 7.38. The molecule has 1 aliphatic carbocycles. The first-order valence-corrected chi connectivity index (χ1v) is 6.91. The Labute approximate surface area is 103 Å². The molecule has 1 aliphatic heterocycles. The van der Waals surface area contributed by atoms with Crippen LogP contribution < -0.4 is 10.6 Å². The third-order valence-corrected chi connectivity index (χ3v) is 3.49. The van der Waals surface area contributed by atoms with E-state index >= 15 is 0 Å². The minimum atomic E-state index is -0.0694. The van der Waals surface area contributed by atoms with Crippen LogP contribution >= 0.6 is 0 Å². The van der Waals surface area contributed by atoms with Gasteiger partial charge in [-0.05, 0) is 52.0 Å². The molecular weight excluding hydrogens is 216 g/mol. The monoisotopic (exact) mass is 240 g/mol. The van der Waals surface area contributed by atoms with E-state index in [1.807, 2.05) is 6.92 Å². The molecule has 2 unspecified atom stereocenters. The lowest BCUT2D eigenvalue weighted by Crippen LogP contribution is -2.43. The van der Waals surface area contributed by atoms with Gasteiger partial charge in [-0.25, -0.2) is 0 Å². The summed E-state index contributed by atoms with van der Waals surface area (Å²) in [6, 6.07) is 0.388. The van der Waals surface area contributed by atoms with Crippen LogP contribution in [0, 0.1) is 0 Å². The van der Waals surface area contributed by atoms with Gasteiger partial charge < -0.3 is 15.4 Å². The van der Waals surface area contributed by atoms with Crippen molar-refractivity contribution in [3.05, 3.63) is 0 Å². The standard InChI is InChI=1S/C13H24N2O2/c1-10(13(16)15-11-6-7-11)14-8-2-4-12-5-3-9-17-12/h10-12,14H,2-9H2,1H3,(H,15,16). The fraction of sp³-hybridized carbons (Fsp3) is 0.923. The van der Waals surface area contributed by atoms with Crippen LogP contribution in [0.1, 0.15) is 45.4 Å². The molecule has 2 aliphatic rings. The van der Waals surface area contributed by atoms with Gasteiger partial charge in [-0.1, -0.05) is 0 Å². The molecular formula is C13H24N2O2. The second-order valence-electron chi connectivity index (χ2n) is 5.24. The minimum absolute atomic E-state index is 0.0694. The van der Waals surface area contributed by atoms with Crippen LogP contribution in [0.4, 0.5) is 0 Å².